The number of benzene rings is 1. The van der Waals surface area contributed by atoms with Crippen LogP contribution in [0, 0.1) is 0 Å². The molecule has 2 aliphatic heterocycles. The van der Waals surface area contributed by atoms with Crippen LogP contribution in [0.25, 0.3) is 0 Å². The van der Waals surface area contributed by atoms with Crippen molar-refractivity contribution < 1.29 is 18.8 Å². The third kappa shape index (κ3) is 4.23. The van der Waals surface area contributed by atoms with Crippen LogP contribution < -0.4 is 0 Å². The number of rotatable bonds is 3. The maximum Gasteiger partial charge on any atom is 0.461 e. The Balaban J connectivity index is 1.51. The molecule has 1 unspecified atom stereocenters. The Morgan fingerprint density at radius 2 is 1.77 bits per heavy atom. The highest BCUT2D eigenvalue weighted by molar-refractivity contribution is 6.47. The van der Waals surface area contributed by atoms with E-state index in [1.807, 2.05) is 35.2 Å². The van der Waals surface area contributed by atoms with E-state index in [0.29, 0.717) is 19.0 Å². The Labute approximate surface area is 157 Å². The van der Waals surface area contributed by atoms with Gasteiger partial charge in [-0.25, -0.2) is 4.79 Å². The molecule has 1 aromatic carbocycles. The molecule has 142 valence electrons. The van der Waals surface area contributed by atoms with Gasteiger partial charge >= 0.3 is 13.2 Å². The van der Waals surface area contributed by atoms with Gasteiger partial charge in [0.05, 0.1) is 11.2 Å². The van der Waals surface area contributed by atoms with E-state index in [1.165, 1.54) is 0 Å². The second-order valence-corrected chi connectivity index (χ2v) is 8.34. The summed E-state index contributed by atoms with van der Waals surface area (Å²) in [7, 11) is -0.194. The summed E-state index contributed by atoms with van der Waals surface area (Å²) in [5.74, 6) is 0.308. The van der Waals surface area contributed by atoms with E-state index in [4.69, 9.17) is 14.0 Å². The van der Waals surface area contributed by atoms with Gasteiger partial charge in [-0.2, -0.15) is 0 Å². The lowest BCUT2D eigenvalue weighted by Gasteiger charge is -2.32. The molecule has 5 nitrogen and oxygen atoms in total. The van der Waals surface area contributed by atoms with Gasteiger partial charge in [-0.15, -0.1) is 0 Å². The average Bonchev–Trinajstić information content (AvgIpc) is 2.77. The second kappa shape index (κ2) is 7.61. The molecule has 6 heteroatoms. The first-order valence-corrected chi connectivity index (χ1v) is 9.60. The monoisotopic (exact) mass is 359 g/mol. The zero-order valence-corrected chi connectivity index (χ0v) is 16.4. The van der Waals surface area contributed by atoms with Crippen molar-refractivity contribution in [3.05, 3.63) is 35.9 Å². The number of hydrogen-bond donors (Lipinski definition) is 0. The van der Waals surface area contributed by atoms with E-state index in [-0.39, 0.29) is 24.4 Å². The number of hydrogen-bond acceptors (Lipinski definition) is 4. The standard InChI is InChI=1S/C20H30BNO4/c1-19(2)20(3,4)26-21(25-19)17-11-8-13-22(14-12-17)18(23)24-15-16-9-6-5-7-10-16/h5-7,9-10,17H,8,11-15H2,1-4H3. The molecule has 0 aromatic heterocycles. The zero-order valence-electron chi connectivity index (χ0n) is 16.4. The number of likely N-dealkylation sites (tertiary alicyclic amines) is 1. The Hall–Kier alpha value is -1.53. The highest BCUT2D eigenvalue weighted by Gasteiger charge is 2.53. The van der Waals surface area contributed by atoms with Crippen molar-refractivity contribution in [2.24, 2.45) is 0 Å². The Bertz CT molecular complexity index is 603. The number of ether oxygens (including phenoxy) is 1. The molecule has 1 amide bonds. The van der Waals surface area contributed by atoms with Crippen LogP contribution >= 0.6 is 0 Å². The summed E-state index contributed by atoms with van der Waals surface area (Å²) in [6.45, 7) is 10.0. The fraction of sp³-hybridized carbons (Fsp3) is 0.650. The first-order valence-electron chi connectivity index (χ1n) is 9.60. The molecule has 26 heavy (non-hydrogen) atoms. The van der Waals surface area contributed by atoms with Gasteiger partial charge in [0.1, 0.15) is 6.61 Å². The highest BCUT2D eigenvalue weighted by Crippen LogP contribution is 2.42. The third-order valence-corrected chi connectivity index (χ3v) is 5.89. The van der Waals surface area contributed by atoms with Crippen molar-refractivity contribution in [1.82, 2.24) is 4.90 Å². The van der Waals surface area contributed by atoms with Gasteiger partial charge < -0.3 is 18.9 Å². The molecule has 0 saturated carbocycles. The van der Waals surface area contributed by atoms with Gasteiger partial charge in [0, 0.05) is 13.1 Å². The molecular formula is C20H30BNO4. The van der Waals surface area contributed by atoms with Crippen LogP contribution in [-0.2, 0) is 20.7 Å². The molecule has 1 aromatic rings. The Morgan fingerprint density at radius 1 is 1.12 bits per heavy atom. The molecule has 0 bridgehead atoms. The predicted octanol–water partition coefficient (Wildman–Crippen LogP) is 4.27. The largest absolute Gasteiger partial charge is 0.461 e. The Morgan fingerprint density at radius 3 is 2.42 bits per heavy atom. The van der Waals surface area contributed by atoms with E-state index < -0.39 is 0 Å². The SMILES string of the molecule is CC1(C)OB(C2CCCN(C(=O)OCc3ccccc3)CC2)OC1(C)C. The lowest BCUT2D eigenvalue weighted by atomic mass is 9.68. The van der Waals surface area contributed by atoms with E-state index in [0.717, 1.165) is 31.4 Å². The summed E-state index contributed by atoms with van der Waals surface area (Å²) in [6, 6.07) is 9.78. The topological polar surface area (TPSA) is 48.0 Å². The molecule has 3 rings (SSSR count). The average molecular weight is 359 g/mol. The van der Waals surface area contributed by atoms with E-state index in [1.54, 1.807) is 0 Å². The molecule has 0 N–H and O–H groups in total. The van der Waals surface area contributed by atoms with Gasteiger partial charge in [-0.3, -0.25) is 0 Å². The minimum Gasteiger partial charge on any atom is -0.445 e. The molecule has 2 heterocycles. The minimum absolute atomic E-state index is 0.194. The van der Waals surface area contributed by atoms with E-state index in [9.17, 15) is 4.79 Å². The summed E-state index contributed by atoms with van der Waals surface area (Å²) in [4.78, 5) is 14.2. The second-order valence-electron chi connectivity index (χ2n) is 8.34. The molecular weight excluding hydrogens is 329 g/mol. The summed E-state index contributed by atoms with van der Waals surface area (Å²) in [6.07, 6.45) is 2.58. The van der Waals surface area contributed by atoms with Crippen molar-refractivity contribution in [3.8, 4) is 0 Å². The molecule has 0 aliphatic carbocycles. The van der Waals surface area contributed by atoms with E-state index >= 15 is 0 Å². The molecule has 2 aliphatic rings. The quantitative estimate of drug-likeness (QED) is 0.756. The molecule has 0 radical (unpaired) electrons. The van der Waals surface area contributed by atoms with Crippen molar-refractivity contribution in [2.75, 3.05) is 13.1 Å². The van der Waals surface area contributed by atoms with Gasteiger partial charge in [0.15, 0.2) is 0 Å². The van der Waals surface area contributed by atoms with Crippen LogP contribution in [0.2, 0.25) is 5.82 Å². The fourth-order valence-corrected chi connectivity index (χ4v) is 3.47. The maximum absolute atomic E-state index is 12.4. The van der Waals surface area contributed by atoms with Crippen molar-refractivity contribution in [1.29, 1.82) is 0 Å². The first kappa shape index (κ1) is 19.2. The van der Waals surface area contributed by atoms with Crippen LogP contribution in [0.15, 0.2) is 30.3 Å². The van der Waals surface area contributed by atoms with Crippen molar-refractivity contribution in [3.63, 3.8) is 0 Å². The fourth-order valence-electron chi connectivity index (χ4n) is 3.47. The summed E-state index contributed by atoms with van der Waals surface area (Å²) in [5, 5.41) is 0. The lowest BCUT2D eigenvalue weighted by Crippen LogP contribution is -2.41. The van der Waals surface area contributed by atoms with Crippen molar-refractivity contribution in [2.45, 2.75) is 70.6 Å². The number of nitrogens with zero attached hydrogens (tertiary/aromatic N) is 1. The number of carbonyl (C=O) groups is 1. The number of amides is 1. The lowest BCUT2D eigenvalue weighted by molar-refractivity contribution is 0.00578. The Kier molecular flexibility index (Phi) is 5.63. The van der Waals surface area contributed by atoms with Crippen LogP contribution in [0.4, 0.5) is 4.79 Å². The smallest absolute Gasteiger partial charge is 0.445 e. The van der Waals surface area contributed by atoms with Crippen molar-refractivity contribution >= 4 is 13.2 Å². The minimum atomic E-state index is -0.307. The van der Waals surface area contributed by atoms with Gasteiger partial charge in [0.25, 0.3) is 0 Å². The van der Waals surface area contributed by atoms with E-state index in [2.05, 4.69) is 27.7 Å². The van der Waals surface area contributed by atoms with Crippen LogP contribution in [-0.4, -0.2) is 42.4 Å². The normalized spacial score (nSPS) is 25.0. The number of carbonyl (C=O) groups excluding carboxylic acids is 1. The third-order valence-electron chi connectivity index (χ3n) is 5.89. The van der Waals surface area contributed by atoms with Gasteiger partial charge in [-0.05, 0) is 51.9 Å². The maximum atomic E-state index is 12.4. The predicted molar refractivity (Wildman–Crippen MR) is 102 cm³/mol. The van der Waals surface area contributed by atoms with Crippen LogP contribution in [0.1, 0.15) is 52.5 Å². The molecule has 2 fully saturated rings. The summed E-state index contributed by atoms with van der Waals surface area (Å²) < 4.78 is 17.9. The molecule has 0 spiro atoms. The zero-order chi connectivity index (χ0) is 18.8. The van der Waals surface area contributed by atoms with Crippen LogP contribution in [0.5, 0.6) is 0 Å². The molecule has 2 saturated heterocycles. The summed E-state index contributed by atoms with van der Waals surface area (Å²) >= 11 is 0. The highest BCUT2D eigenvalue weighted by atomic mass is 16.7. The van der Waals surface area contributed by atoms with Crippen LogP contribution in [0.3, 0.4) is 0 Å². The molecule has 1 atom stereocenters. The first-order chi connectivity index (χ1) is 12.3. The van der Waals surface area contributed by atoms with Gasteiger partial charge in [0.2, 0.25) is 0 Å². The summed E-state index contributed by atoms with van der Waals surface area (Å²) in [5.41, 5.74) is 0.391. The van der Waals surface area contributed by atoms with Gasteiger partial charge in [-0.1, -0.05) is 36.8 Å².